The topological polar surface area (TPSA) is 96.0 Å². The van der Waals surface area contributed by atoms with Crippen molar-refractivity contribution >= 4 is 34.8 Å². The zero-order chi connectivity index (χ0) is 16.0. The highest BCUT2D eigenvalue weighted by atomic mass is 32.2. The van der Waals surface area contributed by atoms with Gasteiger partial charge in [-0.3, -0.25) is 9.59 Å². The van der Waals surface area contributed by atoms with E-state index < -0.39 is 28.8 Å². The summed E-state index contributed by atoms with van der Waals surface area (Å²) >= 11 is 0.601. The van der Waals surface area contributed by atoms with E-state index in [2.05, 4.69) is 0 Å². The van der Waals surface area contributed by atoms with Gasteiger partial charge in [0.1, 0.15) is 5.57 Å². The van der Waals surface area contributed by atoms with E-state index in [9.17, 15) is 19.2 Å². The third kappa shape index (κ3) is 4.45. The molecule has 7 nitrogen and oxygen atoms in total. The van der Waals surface area contributed by atoms with Gasteiger partial charge in [0.2, 0.25) is 5.76 Å². The molecule has 8 heteroatoms. The van der Waals surface area contributed by atoms with E-state index in [0.29, 0.717) is 11.8 Å². The minimum atomic E-state index is -0.845. The molecule has 0 unspecified atom stereocenters. The number of hydrogen-bond donors (Lipinski definition) is 0. The van der Waals surface area contributed by atoms with Crippen molar-refractivity contribution in [2.75, 3.05) is 13.2 Å². The summed E-state index contributed by atoms with van der Waals surface area (Å²) in [5.41, 5.74) is -0.241. The summed E-state index contributed by atoms with van der Waals surface area (Å²) in [6.07, 6.45) is 0.995. The van der Waals surface area contributed by atoms with Gasteiger partial charge in [-0.1, -0.05) is 0 Å². The maximum atomic E-state index is 11.9. The van der Waals surface area contributed by atoms with Crippen LogP contribution in [0.2, 0.25) is 0 Å². The summed E-state index contributed by atoms with van der Waals surface area (Å²) in [6.45, 7) is 4.52. The largest absolute Gasteiger partial charge is 0.463 e. The average Bonchev–Trinajstić information content (AvgIpc) is 2.65. The number of esters is 3. The highest BCUT2D eigenvalue weighted by Gasteiger charge is 2.37. The van der Waals surface area contributed by atoms with E-state index in [1.54, 1.807) is 13.8 Å². The minimum Gasteiger partial charge on any atom is -0.463 e. The SMILES string of the molecule is CCOC(=O)/C=C1\SC(=O)C(OC(C)=O)=C1C(=O)OCC. The summed E-state index contributed by atoms with van der Waals surface area (Å²) in [5, 5.41) is -0.649. The quantitative estimate of drug-likeness (QED) is 0.422. The van der Waals surface area contributed by atoms with Crippen molar-refractivity contribution in [3.63, 3.8) is 0 Å². The molecule has 0 saturated carbocycles. The minimum absolute atomic E-state index is 0.0353. The first-order chi connectivity index (χ1) is 9.90. The molecule has 114 valence electrons. The first kappa shape index (κ1) is 17.0. The van der Waals surface area contributed by atoms with Gasteiger partial charge in [0, 0.05) is 17.9 Å². The zero-order valence-corrected chi connectivity index (χ0v) is 12.6. The van der Waals surface area contributed by atoms with Crippen LogP contribution in [0, 0.1) is 0 Å². The van der Waals surface area contributed by atoms with Crippen LogP contribution in [0.3, 0.4) is 0 Å². The standard InChI is InChI=1S/C13H14O7S/c1-4-18-9(15)6-8-10(12(16)19-5-2)11(13(17)21-8)20-7(3)14/h6H,4-5H2,1-3H3/b8-6-. The lowest BCUT2D eigenvalue weighted by Gasteiger charge is -2.05. The average molecular weight is 314 g/mol. The fourth-order valence-electron chi connectivity index (χ4n) is 1.44. The fourth-order valence-corrected chi connectivity index (χ4v) is 2.31. The summed E-state index contributed by atoms with van der Waals surface area (Å²) in [5.74, 6) is -2.74. The predicted molar refractivity (Wildman–Crippen MR) is 72.7 cm³/mol. The van der Waals surface area contributed by atoms with Gasteiger partial charge in [0.05, 0.1) is 13.2 Å². The summed E-state index contributed by atoms with van der Waals surface area (Å²) in [6, 6.07) is 0. The van der Waals surface area contributed by atoms with Crippen LogP contribution in [-0.2, 0) is 33.4 Å². The number of ether oxygens (including phenoxy) is 3. The van der Waals surface area contributed by atoms with E-state index in [-0.39, 0.29) is 23.7 Å². The Morgan fingerprint density at radius 1 is 1.14 bits per heavy atom. The van der Waals surface area contributed by atoms with Crippen LogP contribution in [0.4, 0.5) is 0 Å². The zero-order valence-electron chi connectivity index (χ0n) is 11.8. The lowest BCUT2D eigenvalue weighted by Crippen LogP contribution is -2.13. The number of thioether (sulfide) groups is 1. The molecule has 0 bridgehead atoms. The Morgan fingerprint density at radius 3 is 2.29 bits per heavy atom. The van der Waals surface area contributed by atoms with Crippen molar-refractivity contribution in [1.29, 1.82) is 0 Å². The molecule has 0 aliphatic carbocycles. The van der Waals surface area contributed by atoms with E-state index in [0.717, 1.165) is 13.0 Å². The van der Waals surface area contributed by atoms with Crippen molar-refractivity contribution < 1.29 is 33.4 Å². The van der Waals surface area contributed by atoms with Gasteiger partial charge in [-0.15, -0.1) is 0 Å². The molecule has 21 heavy (non-hydrogen) atoms. The Balaban J connectivity index is 3.23. The van der Waals surface area contributed by atoms with Crippen molar-refractivity contribution in [3.8, 4) is 0 Å². The lowest BCUT2D eigenvalue weighted by molar-refractivity contribution is -0.140. The summed E-state index contributed by atoms with van der Waals surface area (Å²) in [7, 11) is 0. The Labute approximate surface area is 125 Å². The van der Waals surface area contributed by atoms with Gasteiger partial charge in [-0.05, 0) is 25.6 Å². The van der Waals surface area contributed by atoms with E-state index >= 15 is 0 Å². The van der Waals surface area contributed by atoms with Crippen molar-refractivity contribution in [2.24, 2.45) is 0 Å². The molecule has 0 N–H and O–H groups in total. The summed E-state index contributed by atoms with van der Waals surface area (Å²) in [4.78, 5) is 46.2. The van der Waals surface area contributed by atoms with Gasteiger partial charge in [0.25, 0.3) is 5.12 Å². The number of rotatable bonds is 5. The molecule has 1 aliphatic heterocycles. The van der Waals surface area contributed by atoms with Crippen molar-refractivity contribution in [2.45, 2.75) is 20.8 Å². The second-order valence-electron chi connectivity index (χ2n) is 3.67. The molecule has 0 saturated heterocycles. The molecule has 0 aromatic heterocycles. The van der Waals surface area contributed by atoms with E-state index in [1.165, 1.54) is 0 Å². The van der Waals surface area contributed by atoms with Crippen LogP contribution in [0.15, 0.2) is 22.3 Å². The smallest absolute Gasteiger partial charge is 0.343 e. The Morgan fingerprint density at radius 2 is 1.76 bits per heavy atom. The monoisotopic (exact) mass is 314 g/mol. The number of hydrogen-bond acceptors (Lipinski definition) is 8. The molecule has 0 aromatic carbocycles. The van der Waals surface area contributed by atoms with Crippen molar-refractivity contribution in [3.05, 3.63) is 22.3 Å². The Bertz CT molecular complexity index is 545. The molecule has 1 heterocycles. The number of carbonyl (C=O) groups excluding carboxylic acids is 4. The third-order valence-electron chi connectivity index (χ3n) is 2.12. The van der Waals surface area contributed by atoms with Crippen LogP contribution in [0.1, 0.15) is 20.8 Å². The first-order valence-electron chi connectivity index (χ1n) is 6.11. The van der Waals surface area contributed by atoms with Crippen LogP contribution in [0.5, 0.6) is 0 Å². The summed E-state index contributed by atoms with van der Waals surface area (Å²) < 4.78 is 14.3. The van der Waals surface area contributed by atoms with Gasteiger partial charge >= 0.3 is 17.9 Å². The second-order valence-corrected chi connectivity index (χ2v) is 4.68. The highest BCUT2D eigenvalue weighted by molar-refractivity contribution is 8.18. The fraction of sp³-hybridized carbons (Fsp3) is 0.385. The Kier molecular flexibility index (Phi) is 6.16. The molecular formula is C13H14O7S. The maximum Gasteiger partial charge on any atom is 0.343 e. The molecule has 0 aromatic rings. The number of carbonyl (C=O) groups is 4. The van der Waals surface area contributed by atoms with Gasteiger partial charge in [-0.2, -0.15) is 0 Å². The molecule has 0 atom stereocenters. The predicted octanol–water partition coefficient (Wildman–Crippen LogP) is 1.09. The molecule has 0 fully saturated rings. The second kappa shape index (κ2) is 7.63. The van der Waals surface area contributed by atoms with Gasteiger partial charge in [0.15, 0.2) is 0 Å². The van der Waals surface area contributed by atoms with Gasteiger partial charge < -0.3 is 14.2 Å². The van der Waals surface area contributed by atoms with E-state index in [1.807, 2.05) is 0 Å². The molecule has 0 spiro atoms. The maximum absolute atomic E-state index is 11.9. The molecule has 1 aliphatic rings. The third-order valence-corrected chi connectivity index (χ3v) is 3.04. The van der Waals surface area contributed by atoms with Gasteiger partial charge in [-0.25, -0.2) is 9.59 Å². The lowest BCUT2D eigenvalue weighted by atomic mass is 10.2. The van der Waals surface area contributed by atoms with Crippen LogP contribution < -0.4 is 0 Å². The molecular weight excluding hydrogens is 300 g/mol. The van der Waals surface area contributed by atoms with E-state index in [4.69, 9.17) is 14.2 Å². The Hall–Kier alpha value is -2.09. The van der Waals surface area contributed by atoms with Crippen LogP contribution in [-0.4, -0.2) is 36.2 Å². The van der Waals surface area contributed by atoms with Crippen LogP contribution >= 0.6 is 11.8 Å². The van der Waals surface area contributed by atoms with Crippen LogP contribution in [0.25, 0.3) is 0 Å². The normalized spacial score (nSPS) is 16.1. The first-order valence-corrected chi connectivity index (χ1v) is 6.93. The van der Waals surface area contributed by atoms with Crippen molar-refractivity contribution in [1.82, 2.24) is 0 Å². The molecule has 1 rings (SSSR count). The highest BCUT2D eigenvalue weighted by Crippen LogP contribution is 2.38. The molecule has 0 amide bonds. The molecule has 0 radical (unpaired) electrons.